The lowest BCUT2D eigenvalue weighted by atomic mass is 10.1. The van der Waals surface area contributed by atoms with Crippen LogP contribution < -0.4 is 0 Å². The highest BCUT2D eigenvalue weighted by Gasteiger charge is 2.10. The molecule has 0 amide bonds. The van der Waals surface area contributed by atoms with Crippen molar-refractivity contribution in [1.82, 2.24) is 0 Å². The molecular weight excluding hydrogens is 198 g/mol. The third kappa shape index (κ3) is 2.11. The topological polar surface area (TPSA) is 0 Å². The van der Waals surface area contributed by atoms with E-state index in [9.17, 15) is 4.39 Å². The van der Waals surface area contributed by atoms with Crippen LogP contribution in [-0.4, -0.2) is 0 Å². The number of hydrogen-bond donors (Lipinski definition) is 0. The summed E-state index contributed by atoms with van der Waals surface area (Å²) in [5.74, 6) is 0. The highest BCUT2D eigenvalue weighted by Crippen LogP contribution is 2.29. The molecule has 1 rings (SSSR count). The Kier molecular flexibility index (Phi) is 3.36. The second-order valence-electron chi connectivity index (χ2n) is 2.54. The number of rotatable bonds is 2. The molecular formula is C9H9Cl2F. The van der Waals surface area contributed by atoms with Crippen molar-refractivity contribution in [2.75, 3.05) is 0 Å². The molecule has 0 aliphatic rings. The quantitative estimate of drug-likeness (QED) is 0.673. The van der Waals surface area contributed by atoms with Crippen LogP contribution in [-0.2, 0) is 0 Å². The van der Waals surface area contributed by atoms with Gasteiger partial charge in [0.2, 0.25) is 0 Å². The molecule has 0 heterocycles. The zero-order valence-electron chi connectivity index (χ0n) is 6.65. The van der Waals surface area contributed by atoms with Gasteiger partial charge in [0.25, 0.3) is 0 Å². The lowest BCUT2D eigenvalue weighted by molar-refractivity contribution is 0.335. The van der Waals surface area contributed by atoms with Gasteiger partial charge in [-0.3, -0.25) is 0 Å². The first-order valence-electron chi connectivity index (χ1n) is 3.74. The van der Waals surface area contributed by atoms with Crippen LogP contribution in [0.3, 0.4) is 0 Å². The van der Waals surface area contributed by atoms with Gasteiger partial charge in [0, 0.05) is 15.6 Å². The Hall–Kier alpha value is -0.270. The third-order valence-corrected chi connectivity index (χ3v) is 2.22. The lowest BCUT2D eigenvalue weighted by Gasteiger charge is -2.07. The first-order valence-corrected chi connectivity index (χ1v) is 4.49. The van der Waals surface area contributed by atoms with Gasteiger partial charge in [-0.2, -0.15) is 0 Å². The summed E-state index contributed by atoms with van der Waals surface area (Å²) < 4.78 is 13.1. The standard InChI is InChI=1S/C9H9Cl2F/c1-2-9(12)7-4-3-6(10)5-8(7)11/h3-5,9H,2H2,1H3/t9-/m1/s1. The predicted octanol–water partition coefficient (Wildman–Crippen LogP) is 4.41. The van der Waals surface area contributed by atoms with Crippen LogP contribution in [0.1, 0.15) is 25.1 Å². The van der Waals surface area contributed by atoms with Crippen LogP contribution in [0.2, 0.25) is 10.0 Å². The summed E-state index contributed by atoms with van der Waals surface area (Å²) in [6.07, 6.45) is -0.559. The van der Waals surface area contributed by atoms with Gasteiger partial charge in [0.15, 0.2) is 0 Å². The molecule has 3 heteroatoms. The molecule has 0 radical (unpaired) electrons. The molecule has 12 heavy (non-hydrogen) atoms. The zero-order chi connectivity index (χ0) is 9.14. The fraction of sp³-hybridized carbons (Fsp3) is 0.333. The van der Waals surface area contributed by atoms with Crippen molar-refractivity contribution in [3.05, 3.63) is 33.8 Å². The Bertz CT molecular complexity index is 273. The van der Waals surface area contributed by atoms with E-state index in [2.05, 4.69) is 0 Å². The molecule has 0 aromatic heterocycles. The maximum atomic E-state index is 13.1. The highest BCUT2D eigenvalue weighted by atomic mass is 35.5. The second kappa shape index (κ2) is 4.11. The molecule has 0 aliphatic carbocycles. The summed E-state index contributed by atoms with van der Waals surface area (Å²) in [5.41, 5.74) is 0.517. The fourth-order valence-corrected chi connectivity index (χ4v) is 1.50. The highest BCUT2D eigenvalue weighted by molar-refractivity contribution is 6.35. The number of alkyl halides is 1. The Morgan fingerprint density at radius 2 is 2.08 bits per heavy atom. The zero-order valence-corrected chi connectivity index (χ0v) is 8.16. The van der Waals surface area contributed by atoms with Crippen molar-refractivity contribution < 1.29 is 4.39 Å². The van der Waals surface area contributed by atoms with E-state index in [0.29, 0.717) is 22.0 Å². The second-order valence-corrected chi connectivity index (χ2v) is 3.39. The van der Waals surface area contributed by atoms with E-state index in [-0.39, 0.29) is 0 Å². The maximum absolute atomic E-state index is 13.1. The summed E-state index contributed by atoms with van der Waals surface area (Å²) >= 11 is 11.4. The van der Waals surface area contributed by atoms with Crippen LogP contribution in [0.25, 0.3) is 0 Å². The molecule has 0 saturated heterocycles. The van der Waals surface area contributed by atoms with Gasteiger partial charge >= 0.3 is 0 Å². The maximum Gasteiger partial charge on any atom is 0.126 e. The van der Waals surface area contributed by atoms with Crippen LogP contribution in [0, 0.1) is 0 Å². The molecule has 0 aliphatic heterocycles. The van der Waals surface area contributed by atoms with E-state index in [4.69, 9.17) is 23.2 Å². The van der Waals surface area contributed by atoms with E-state index in [1.807, 2.05) is 0 Å². The Labute approximate surface area is 81.3 Å². The van der Waals surface area contributed by atoms with Gasteiger partial charge < -0.3 is 0 Å². The van der Waals surface area contributed by atoms with Crippen molar-refractivity contribution in [2.24, 2.45) is 0 Å². The van der Waals surface area contributed by atoms with Crippen molar-refractivity contribution in [1.29, 1.82) is 0 Å². The SMILES string of the molecule is CC[C@@H](F)c1ccc(Cl)cc1Cl. The lowest BCUT2D eigenvalue weighted by Crippen LogP contribution is -1.90. The first kappa shape index (κ1) is 9.82. The van der Waals surface area contributed by atoms with Crippen molar-refractivity contribution in [3.63, 3.8) is 0 Å². The van der Waals surface area contributed by atoms with Crippen molar-refractivity contribution >= 4 is 23.2 Å². The third-order valence-electron chi connectivity index (χ3n) is 1.66. The molecule has 0 saturated carbocycles. The minimum absolute atomic E-state index is 0.400. The monoisotopic (exact) mass is 206 g/mol. The molecule has 1 aromatic rings. The molecule has 0 unspecified atom stereocenters. The minimum Gasteiger partial charge on any atom is -0.242 e. The molecule has 1 atom stereocenters. The van der Waals surface area contributed by atoms with Crippen molar-refractivity contribution in [2.45, 2.75) is 19.5 Å². The molecule has 0 fully saturated rings. The largest absolute Gasteiger partial charge is 0.242 e. The Morgan fingerprint density at radius 3 is 2.58 bits per heavy atom. The number of benzene rings is 1. The number of hydrogen-bond acceptors (Lipinski definition) is 0. The predicted molar refractivity (Wildman–Crippen MR) is 50.6 cm³/mol. The van der Waals surface area contributed by atoms with E-state index in [0.717, 1.165) is 0 Å². The van der Waals surface area contributed by atoms with E-state index in [1.165, 1.54) is 0 Å². The molecule has 0 bridgehead atoms. The van der Waals surface area contributed by atoms with E-state index < -0.39 is 6.17 Å². The first-order chi connectivity index (χ1) is 5.65. The van der Waals surface area contributed by atoms with Crippen LogP contribution in [0.15, 0.2) is 18.2 Å². The fourth-order valence-electron chi connectivity index (χ4n) is 0.975. The summed E-state index contributed by atoms with van der Waals surface area (Å²) in [4.78, 5) is 0. The Morgan fingerprint density at radius 1 is 1.42 bits per heavy atom. The minimum atomic E-state index is -0.991. The molecule has 66 valence electrons. The molecule has 0 nitrogen and oxygen atoms in total. The summed E-state index contributed by atoms with van der Waals surface area (Å²) in [6, 6.07) is 4.82. The van der Waals surface area contributed by atoms with Gasteiger partial charge in [0.05, 0.1) is 0 Å². The normalized spacial score (nSPS) is 13.0. The summed E-state index contributed by atoms with van der Waals surface area (Å²) in [7, 11) is 0. The number of halogens is 3. The molecule has 1 aromatic carbocycles. The van der Waals surface area contributed by atoms with Gasteiger partial charge in [-0.25, -0.2) is 4.39 Å². The Balaban J connectivity index is 3.01. The van der Waals surface area contributed by atoms with Crippen LogP contribution in [0.4, 0.5) is 4.39 Å². The van der Waals surface area contributed by atoms with Crippen LogP contribution >= 0.6 is 23.2 Å². The summed E-state index contributed by atoms with van der Waals surface area (Å²) in [6.45, 7) is 1.77. The van der Waals surface area contributed by atoms with Gasteiger partial charge in [-0.05, 0) is 18.6 Å². The van der Waals surface area contributed by atoms with Crippen molar-refractivity contribution in [3.8, 4) is 0 Å². The van der Waals surface area contributed by atoms with Gasteiger partial charge in [-0.15, -0.1) is 0 Å². The summed E-state index contributed by atoms with van der Waals surface area (Å²) in [5, 5.41) is 0.934. The average molecular weight is 207 g/mol. The van der Waals surface area contributed by atoms with Gasteiger partial charge in [-0.1, -0.05) is 36.2 Å². The smallest absolute Gasteiger partial charge is 0.126 e. The molecule has 0 N–H and O–H groups in total. The van der Waals surface area contributed by atoms with E-state index >= 15 is 0 Å². The van der Waals surface area contributed by atoms with Gasteiger partial charge in [0.1, 0.15) is 6.17 Å². The average Bonchev–Trinajstić information content (AvgIpc) is 2.03. The molecule has 0 spiro atoms. The van der Waals surface area contributed by atoms with E-state index in [1.54, 1.807) is 25.1 Å². The van der Waals surface area contributed by atoms with Crippen LogP contribution in [0.5, 0.6) is 0 Å².